The third-order valence-electron chi connectivity index (χ3n) is 16.6. The highest BCUT2D eigenvalue weighted by Crippen LogP contribution is 2.45. The zero-order chi connectivity index (χ0) is 76.0. The van der Waals surface area contributed by atoms with E-state index in [-0.39, 0.29) is 25.7 Å². The molecule has 3 N–H and O–H groups in total. The molecule has 0 radical (unpaired) electrons. The van der Waals surface area contributed by atoms with Gasteiger partial charge >= 0.3 is 39.5 Å². The summed E-state index contributed by atoms with van der Waals surface area (Å²) in [6.45, 7) is 4.50. The molecule has 5 atom stereocenters. The van der Waals surface area contributed by atoms with Crippen molar-refractivity contribution in [3.05, 3.63) is 134 Å². The molecular formula is C85H144O17P2. The summed E-state index contributed by atoms with van der Waals surface area (Å²) >= 11 is 0. The van der Waals surface area contributed by atoms with Crippen LogP contribution in [0.15, 0.2) is 134 Å². The summed E-state index contributed by atoms with van der Waals surface area (Å²) in [4.78, 5) is 73.0. The highest BCUT2D eigenvalue weighted by Gasteiger charge is 2.30. The quantitative estimate of drug-likeness (QED) is 0.0169. The molecule has 17 nitrogen and oxygen atoms in total. The van der Waals surface area contributed by atoms with Crippen LogP contribution in [0.25, 0.3) is 0 Å². The molecule has 0 aromatic heterocycles. The second kappa shape index (κ2) is 76.4. The van der Waals surface area contributed by atoms with Gasteiger partial charge in [0.1, 0.15) is 19.3 Å². The Hall–Kier alpha value is -4.80. The molecule has 5 unspecified atom stereocenters. The lowest BCUT2D eigenvalue weighted by Gasteiger charge is -2.21. The van der Waals surface area contributed by atoms with Gasteiger partial charge in [0, 0.05) is 25.7 Å². The van der Waals surface area contributed by atoms with Crippen molar-refractivity contribution in [1.29, 1.82) is 0 Å². The van der Waals surface area contributed by atoms with E-state index in [1.807, 2.05) is 18.2 Å². The number of phosphoric acid groups is 2. The molecule has 0 bridgehead atoms. The van der Waals surface area contributed by atoms with Gasteiger partial charge in [0.2, 0.25) is 0 Å². The Morgan fingerprint density at radius 2 is 0.538 bits per heavy atom. The molecule has 19 heteroatoms. The number of carbonyl (C=O) groups excluding carboxylic acids is 4. The van der Waals surface area contributed by atoms with Gasteiger partial charge in [-0.15, -0.1) is 0 Å². The van der Waals surface area contributed by atoms with Crippen molar-refractivity contribution in [2.45, 2.75) is 341 Å². The molecule has 0 saturated heterocycles. The van der Waals surface area contributed by atoms with E-state index in [0.717, 1.165) is 173 Å². The van der Waals surface area contributed by atoms with Gasteiger partial charge in [-0.25, -0.2) is 9.13 Å². The summed E-state index contributed by atoms with van der Waals surface area (Å²) in [5.74, 6) is -2.29. The lowest BCUT2D eigenvalue weighted by Crippen LogP contribution is -2.30. The van der Waals surface area contributed by atoms with Gasteiger partial charge in [-0.3, -0.25) is 37.3 Å². The fourth-order valence-electron chi connectivity index (χ4n) is 10.5. The van der Waals surface area contributed by atoms with Crippen LogP contribution >= 0.6 is 15.6 Å². The fraction of sp³-hybridized carbons (Fsp3) is 0.694. The Labute approximate surface area is 631 Å². The summed E-state index contributed by atoms with van der Waals surface area (Å²) in [6.07, 6.45) is 85.8. The smallest absolute Gasteiger partial charge is 0.462 e. The monoisotopic (exact) mass is 1500 g/mol. The molecule has 0 rings (SSSR count). The summed E-state index contributed by atoms with van der Waals surface area (Å²) in [5.41, 5.74) is 0. The van der Waals surface area contributed by atoms with E-state index < -0.39 is 97.5 Å². The number of aliphatic hydroxyl groups excluding tert-OH is 1. The zero-order valence-corrected chi connectivity index (χ0v) is 66.9. The number of rotatable bonds is 75. The topological polar surface area (TPSA) is 237 Å². The van der Waals surface area contributed by atoms with E-state index in [0.29, 0.717) is 32.1 Å². The molecule has 104 heavy (non-hydrogen) atoms. The first-order valence-electron chi connectivity index (χ1n) is 40.4. The molecule has 0 aromatic carbocycles. The van der Waals surface area contributed by atoms with Gasteiger partial charge in [0.15, 0.2) is 12.2 Å². The number of ether oxygens (including phenoxy) is 4. The van der Waals surface area contributed by atoms with Crippen molar-refractivity contribution in [3.63, 3.8) is 0 Å². The lowest BCUT2D eigenvalue weighted by molar-refractivity contribution is -0.161. The van der Waals surface area contributed by atoms with E-state index >= 15 is 0 Å². The molecule has 0 heterocycles. The van der Waals surface area contributed by atoms with Gasteiger partial charge in [0.05, 0.1) is 26.4 Å². The van der Waals surface area contributed by atoms with Crippen LogP contribution in [0.2, 0.25) is 0 Å². The third-order valence-corrected chi connectivity index (χ3v) is 18.5. The molecule has 0 saturated carbocycles. The van der Waals surface area contributed by atoms with Crippen LogP contribution in [0, 0.1) is 0 Å². The molecule has 0 fully saturated rings. The number of hydrogen-bond acceptors (Lipinski definition) is 15. The molecule has 0 aliphatic heterocycles. The van der Waals surface area contributed by atoms with Gasteiger partial charge in [0.25, 0.3) is 0 Å². The molecule has 0 aliphatic carbocycles. The predicted molar refractivity (Wildman–Crippen MR) is 427 cm³/mol. The number of allylic oxidation sites excluding steroid dienone is 22. The van der Waals surface area contributed by atoms with Crippen LogP contribution < -0.4 is 0 Å². The number of phosphoric ester groups is 2. The maximum atomic E-state index is 13.1. The highest BCUT2D eigenvalue weighted by molar-refractivity contribution is 7.47. The van der Waals surface area contributed by atoms with Crippen molar-refractivity contribution < 1.29 is 80.2 Å². The molecular weight excluding hydrogens is 1350 g/mol. The Bertz CT molecular complexity index is 2490. The summed E-state index contributed by atoms with van der Waals surface area (Å²) in [5, 5.41) is 10.6. The Balaban J connectivity index is 5.41. The first-order chi connectivity index (χ1) is 50.7. The maximum absolute atomic E-state index is 13.1. The summed E-state index contributed by atoms with van der Waals surface area (Å²) < 4.78 is 68.5. The normalized spacial score (nSPS) is 14.6. The van der Waals surface area contributed by atoms with Crippen molar-refractivity contribution in [2.75, 3.05) is 39.6 Å². The average Bonchev–Trinajstić information content (AvgIpc) is 0.939. The number of aliphatic hydroxyl groups is 1. The molecule has 0 aromatic rings. The van der Waals surface area contributed by atoms with Crippen molar-refractivity contribution >= 4 is 39.5 Å². The van der Waals surface area contributed by atoms with E-state index in [1.54, 1.807) is 0 Å². The van der Waals surface area contributed by atoms with Crippen LogP contribution in [0.1, 0.15) is 323 Å². The van der Waals surface area contributed by atoms with Gasteiger partial charge < -0.3 is 33.8 Å². The number of esters is 4. The Morgan fingerprint density at radius 3 is 0.865 bits per heavy atom. The molecule has 0 aliphatic rings. The SMILES string of the molecule is CC/C=C\C/C=C\C/C=C\C/C=C\C/C=C\C/C=C\CCC(=O)OCC(COP(=O)(O)OCC(O)COP(=O)(O)OCC(COC(=O)CCCCCCCCC/C=C\C/C=C\C/C=C\CC)OC(=O)CCCCCCCCCCCCCCCCC)OC(=O)CCCCCCC/C=C\C/C=C\CCC. The first-order valence-corrected chi connectivity index (χ1v) is 43.4. The fourth-order valence-corrected chi connectivity index (χ4v) is 12.1. The lowest BCUT2D eigenvalue weighted by atomic mass is 10.0. The number of unbranched alkanes of at least 4 members (excludes halogenated alkanes) is 27. The minimum Gasteiger partial charge on any atom is -0.462 e. The van der Waals surface area contributed by atoms with Crippen LogP contribution in [0.4, 0.5) is 0 Å². The first kappa shape index (κ1) is 99.2. The van der Waals surface area contributed by atoms with E-state index in [4.69, 9.17) is 37.0 Å². The minimum absolute atomic E-state index is 0.0306. The summed E-state index contributed by atoms with van der Waals surface area (Å²) in [6, 6.07) is 0. The van der Waals surface area contributed by atoms with Crippen molar-refractivity contribution in [2.24, 2.45) is 0 Å². The standard InChI is InChI=1S/C85H144O17P2/c1-5-9-13-17-21-25-29-33-36-38-39-41-44-47-50-54-58-62-66-70-83(88)95-75-80(101-84(89)71-67-63-59-55-51-45-32-28-24-20-16-12-8-4)77-99-103(91,92)97-73-79(86)74-98-104(93,94)100-78-81(102-85(90)72-68-64-60-56-52-48-42-35-31-27-23-19-15-11-7-3)76-96-82(87)69-65-61-57-53-49-46-43-40-37-34-30-26-22-18-14-10-6-2/h9-10,13-14,16,20-22,25-26,28,32-34,36-37,39,41,47,50,58,62,79-81,86H,5-8,11-12,15,17-19,23-24,27,29-31,35,38,40,42-46,48-49,51-57,59-61,63-78H2,1-4H3,(H,91,92)(H,93,94)/b13-9-,14-10-,20-16-,25-21-,26-22-,32-28-,36-33-,37-34-,41-39-,50-47-,62-58-. The third kappa shape index (κ3) is 75.4. The number of carbonyl (C=O) groups is 4. The van der Waals surface area contributed by atoms with Crippen LogP contribution in [0.3, 0.4) is 0 Å². The zero-order valence-electron chi connectivity index (χ0n) is 65.2. The van der Waals surface area contributed by atoms with Gasteiger partial charge in [-0.1, -0.05) is 309 Å². The largest absolute Gasteiger partial charge is 0.472 e. The average molecular weight is 1500 g/mol. The van der Waals surface area contributed by atoms with Gasteiger partial charge in [-0.05, 0) is 122 Å². The summed E-state index contributed by atoms with van der Waals surface area (Å²) in [7, 11) is -9.98. The van der Waals surface area contributed by atoms with Gasteiger partial charge in [-0.2, -0.15) is 0 Å². The van der Waals surface area contributed by atoms with Crippen molar-refractivity contribution in [1.82, 2.24) is 0 Å². The minimum atomic E-state index is -5.00. The second-order valence-corrected chi connectivity index (χ2v) is 29.5. The van der Waals surface area contributed by atoms with E-state index in [2.05, 4.69) is 143 Å². The Kier molecular flexibility index (Phi) is 72.9. The maximum Gasteiger partial charge on any atom is 0.472 e. The van der Waals surface area contributed by atoms with E-state index in [9.17, 15) is 43.2 Å². The molecule has 596 valence electrons. The van der Waals surface area contributed by atoms with E-state index in [1.165, 1.54) is 64.2 Å². The molecule has 0 amide bonds. The predicted octanol–water partition coefficient (Wildman–Crippen LogP) is 23.7. The molecule has 0 spiro atoms. The number of hydrogen-bond donors (Lipinski definition) is 3. The van der Waals surface area contributed by atoms with Crippen molar-refractivity contribution in [3.8, 4) is 0 Å². The van der Waals surface area contributed by atoms with Crippen LogP contribution in [-0.2, 0) is 65.4 Å². The highest BCUT2D eigenvalue weighted by atomic mass is 31.2. The van der Waals surface area contributed by atoms with Crippen LogP contribution in [-0.4, -0.2) is 96.7 Å². The second-order valence-electron chi connectivity index (χ2n) is 26.6. The Morgan fingerprint density at radius 1 is 0.279 bits per heavy atom. The van der Waals surface area contributed by atoms with Crippen LogP contribution in [0.5, 0.6) is 0 Å².